The van der Waals surface area contributed by atoms with Gasteiger partial charge in [-0.05, 0) is 31.0 Å². The van der Waals surface area contributed by atoms with E-state index in [2.05, 4.69) is 64.3 Å². The highest BCUT2D eigenvalue weighted by atomic mass is 79.9. The highest BCUT2D eigenvalue weighted by Gasteiger charge is 2.15. The van der Waals surface area contributed by atoms with Crippen LogP contribution in [-0.4, -0.2) is 4.98 Å². The first kappa shape index (κ1) is 13.7. The van der Waals surface area contributed by atoms with Crippen molar-refractivity contribution in [2.24, 2.45) is 0 Å². The molecular weight excluding hydrogens is 308 g/mol. The molecule has 2 rings (SSSR count). The summed E-state index contributed by atoms with van der Waals surface area (Å²) in [6.45, 7) is 4.38. The fourth-order valence-corrected chi connectivity index (χ4v) is 2.97. The summed E-state index contributed by atoms with van der Waals surface area (Å²) < 4.78 is 1.12. The van der Waals surface area contributed by atoms with Crippen LogP contribution in [0.3, 0.4) is 0 Å². The van der Waals surface area contributed by atoms with Gasteiger partial charge in [0.15, 0.2) is 0 Å². The predicted octanol–water partition coefficient (Wildman–Crippen LogP) is 4.71. The number of benzene rings is 1. The lowest BCUT2D eigenvalue weighted by Crippen LogP contribution is -2.24. The maximum Gasteiger partial charge on any atom is 0.109 e. The van der Waals surface area contributed by atoms with Crippen molar-refractivity contribution in [2.45, 2.75) is 32.4 Å². The van der Waals surface area contributed by atoms with Crippen LogP contribution >= 0.6 is 27.3 Å². The molecule has 2 aromatic rings. The van der Waals surface area contributed by atoms with Gasteiger partial charge >= 0.3 is 0 Å². The number of hydrogen-bond donors (Lipinski definition) is 1. The van der Waals surface area contributed by atoms with Crippen LogP contribution in [0.15, 0.2) is 40.3 Å². The third-order valence-corrected chi connectivity index (χ3v) is 4.40. The standard InChI is InChI=1S/C14H17BrN2S/c1-3-13(14-16-8-9-18-14)17-10(2)11-4-6-12(15)7-5-11/h4-10,13,17H,3H2,1-2H3. The molecule has 1 aromatic heterocycles. The van der Waals surface area contributed by atoms with Crippen molar-refractivity contribution in [1.82, 2.24) is 10.3 Å². The molecule has 0 aliphatic rings. The quantitative estimate of drug-likeness (QED) is 0.861. The van der Waals surface area contributed by atoms with Gasteiger partial charge < -0.3 is 5.32 Å². The largest absolute Gasteiger partial charge is 0.301 e. The molecule has 0 spiro atoms. The highest BCUT2D eigenvalue weighted by Crippen LogP contribution is 2.24. The summed E-state index contributed by atoms with van der Waals surface area (Å²) in [6.07, 6.45) is 2.92. The average Bonchev–Trinajstić information content (AvgIpc) is 2.90. The van der Waals surface area contributed by atoms with E-state index in [1.54, 1.807) is 11.3 Å². The summed E-state index contributed by atoms with van der Waals surface area (Å²) in [7, 11) is 0. The summed E-state index contributed by atoms with van der Waals surface area (Å²) >= 11 is 5.18. The van der Waals surface area contributed by atoms with Crippen molar-refractivity contribution in [2.75, 3.05) is 0 Å². The first-order chi connectivity index (χ1) is 8.70. The van der Waals surface area contributed by atoms with E-state index >= 15 is 0 Å². The molecule has 1 heterocycles. The molecule has 1 N–H and O–H groups in total. The molecule has 0 saturated carbocycles. The zero-order chi connectivity index (χ0) is 13.0. The predicted molar refractivity (Wildman–Crippen MR) is 80.8 cm³/mol. The van der Waals surface area contributed by atoms with E-state index in [1.807, 2.05) is 11.6 Å². The normalized spacial score (nSPS) is 14.4. The SMILES string of the molecule is CCC(NC(C)c1ccc(Br)cc1)c1nccs1. The van der Waals surface area contributed by atoms with Gasteiger partial charge in [-0.1, -0.05) is 35.0 Å². The third-order valence-electron chi connectivity index (χ3n) is 2.98. The molecule has 18 heavy (non-hydrogen) atoms. The van der Waals surface area contributed by atoms with E-state index < -0.39 is 0 Å². The van der Waals surface area contributed by atoms with Crippen LogP contribution in [0.2, 0.25) is 0 Å². The van der Waals surface area contributed by atoms with E-state index in [0.717, 1.165) is 10.9 Å². The van der Waals surface area contributed by atoms with E-state index in [4.69, 9.17) is 0 Å². The maximum atomic E-state index is 4.40. The molecule has 0 radical (unpaired) electrons. The van der Waals surface area contributed by atoms with Gasteiger partial charge in [-0.25, -0.2) is 4.98 Å². The molecule has 0 aliphatic heterocycles. The first-order valence-corrected chi connectivity index (χ1v) is 7.79. The van der Waals surface area contributed by atoms with Crippen molar-refractivity contribution in [3.8, 4) is 0 Å². The van der Waals surface area contributed by atoms with Crippen LogP contribution in [0.1, 0.15) is 42.9 Å². The van der Waals surface area contributed by atoms with Crippen molar-refractivity contribution in [3.05, 3.63) is 50.9 Å². The number of thiazole rings is 1. The fourth-order valence-electron chi connectivity index (χ4n) is 1.92. The Labute approximate surface area is 121 Å². The minimum Gasteiger partial charge on any atom is -0.301 e. The molecule has 2 unspecified atom stereocenters. The zero-order valence-corrected chi connectivity index (χ0v) is 13.0. The molecule has 0 amide bonds. The fraction of sp³-hybridized carbons (Fsp3) is 0.357. The topological polar surface area (TPSA) is 24.9 Å². The van der Waals surface area contributed by atoms with Crippen molar-refractivity contribution >= 4 is 27.3 Å². The Kier molecular flexibility index (Phi) is 4.92. The maximum absolute atomic E-state index is 4.40. The lowest BCUT2D eigenvalue weighted by Gasteiger charge is -2.21. The summed E-state index contributed by atoms with van der Waals surface area (Å²) in [5, 5.41) is 6.84. The molecule has 96 valence electrons. The zero-order valence-electron chi connectivity index (χ0n) is 10.6. The van der Waals surface area contributed by atoms with Crippen LogP contribution in [-0.2, 0) is 0 Å². The van der Waals surface area contributed by atoms with E-state index in [1.165, 1.54) is 10.6 Å². The molecule has 2 atom stereocenters. The van der Waals surface area contributed by atoms with Gasteiger partial charge in [-0.3, -0.25) is 0 Å². The summed E-state index contributed by atoms with van der Waals surface area (Å²) in [5.74, 6) is 0. The minimum absolute atomic E-state index is 0.326. The number of nitrogens with one attached hydrogen (secondary N) is 1. The number of nitrogens with zero attached hydrogens (tertiary/aromatic N) is 1. The number of hydrogen-bond acceptors (Lipinski definition) is 3. The average molecular weight is 325 g/mol. The lowest BCUT2D eigenvalue weighted by molar-refractivity contribution is 0.455. The molecule has 0 saturated heterocycles. The van der Waals surface area contributed by atoms with E-state index in [-0.39, 0.29) is 0 Å². The van der Waals surface area contributed by atoms with E-state index in [0.29, 0.717) is 12.1 Å². The Morgan fingerprint density at radius 3 is 2.61 bits per heavy atom. The second-order valence-corrected chi connectivity index (χ2v) is 6.11. The summed E-state index contributed by atoms with van der Waals surface area (Å²) in [4.78, 5) is 4.40. The van der Waals surface area contributed by atoms with Gasteiger partial charge in [0.05, 0.1) is 6.04 Å². The second kappa shape index (κ2) is 6.45. The second-order valence-electron chi connectivity index (χ2n) is 4.27. The van der Waals surface area contributed by atoms with Crippen LogP contribution in [0, 0.1) is 0 Å². The molecule has 0 bridgehead atoms. The van der Waals surface area contributed by atoms with Gasteiger partial charge in [0.1, 0.15) is 5.01 Å². The van der Waals surface area contributed by atoms with Gasteiger partial charge in [0.2, 0.25) is 0 Å². The number of aromatic nitrogens is 1. The summed E-state index contributed by atoms with van der Waals surface area (Å²) in [5.41, 5.74) is 1.30. The van der Waals surface area contributed by atoms with E-state index in [9.17, 15) is 0 Å². The Morgan fingerprint density at radius 2 is 2.06 bits per heavy atom. The summed E-state index contributed by atoms with van der Waals surface area (Å²) in [6, 6.07) is 9.12. The van der Waals surface area contributed by atoms with Crippen LogP contribution < -0.4 is 5.32 Å². The van der Waals surface area contributed by atoms with Crippen molar-refractivity contribution < 1.29 is 0 Å². The van der Waals surface area contributed by atoms with Gasteiger partial charge in [0, 0.05) is 22.1 Å². The monoisotopic (exact) mass is 324 g/mol. The number of rotatable bonds is 5. The molecule has 0 fully saturated rings. The Balaban J connectivity index is 2.05. The van der Waals surface area contributed by atoms with Crippen LogP contribution in [0.5, 0.6) is 0 Å². The smallest absolute Gasteiger partial charge is 0.109 e. The van der Waals surface area contributed by atoms with Gasteiger partial charge in [0.25, 0.3) is 0 Å². The Bertz CT molecular complexity index is 467. The Morgan fingerprint density at radius 1 is 1.33 bits per heavy atom. The van der Waals surface area contributed by atoms with Gasteiger partial charge in [-0.15, -0.1) is 11.3 Å². The minimum atomic E-state index is 0.326. The molecule has 2 nitrogen and oxygen atoms in total. The Hall–Kier alpha value is -0.710. The van der Waals surface area contributed by atoms with Crippen LogP contribution in [0.25, 0.3) is 0 Å². The lowest BCUT2D eigenvalue weighted by atomic mass is 10.1. The van der Waals surface area contributed by atoms with Crippen molar-refractivity contribution in [3.63, 3.8) is 0 Å². The first-order valence-electron chi connectivity index (χ1n) is 6.11. The molecule has 0 aliphatic carbocycles. The van der Waals surface area contributed by atoms with Gasteiger partial charge in [-0.2, -0.15) is 0 Å². The third kappa shape index (κ3) is 3.40. The molecular formula is C14H17BrN2S. The number of halogens is 1. The highest BCUT2D eigenvalue weighted by molar-refractivity contribution is 9.10. The molecule has 1 aromatic carbocycles. The molecule has 4 heteroatoms. The van der Waals surface area contributed by atoms with Crippen LogP contribution in [0.4, 0.5) is 0 Å². The van der Waals surface area contributed by atoms with Crippen molar-refractivity contribution in [1.29, 1.82) is 0 Å².